The Morgan fingerprint density at radius 1 is 1.36 bits per heavy atom. The number of aliphatic imine (C=N–C) groups is 1. The Kier molecular flexibility index (Phi) is 11.3. The van der Waals surface area contributed by atoms with Crippen LogP contribution in [0.15, 0.2) is 22.5 Å². The van der Waals surface area contributed by atoms with Crippen molar-refractivity contribution in [1.82, 2.24) is 20.9 Å². The van der Waals surface area contributed by atoms with E-state index in [4.69, 9.17) is 4.74 Å². The molecule has 1 aromatic heterocycles. The minimum absolute atomic E-state index is 0. The Balaban J connectivity index is 0.00000392. The first kappa shape index (κ1) is 25.1. The van der Waals surface area contributed by atoms with Crippen LogP contribution in [-0.4, -0.2) is 69.8 Å². The lowest BCUT2D eigenvalue weighted by Crippen LogP contribution is -2.46. The number of ether oxygens (including phenoxy) is 1. The van der Waals surface area contributed by atoms with E-state index < -0.39 is 5.41 Å². The van der Waals surface area contributed by atoms with Gasteiger partial charge in [-0.1, -0.05) is 6.07 Å². The van der Waals surface area contributed by atoms with Gasteiger partial charge in [-0.25, -0.2) is 0 Å². The van der Waals surface area contributed by atoms with Gasteiger partial charge in [0.1, 0.15) is 0 Å². The van der Waals surface area contributed by atoms with Gasteiger partial charge < -0.3 is 20.7 Å². The number of guanidine groups is 1. The predicted octanol–water partition coefficient (Wildman–Crippen LogP) is 2.07. The quantitative estimate of drug-likeness (QED) is 0.276. The molecule has 3 N–H and O–H groups in total. The van der Waals surface area contributed by atoms with Crippen molar-refractivity contribution in [3.05, 3.63) is 22.4 Å². The van der Waals surface area contributed by atoms with Gasteiger partial charge in [0, 0.05) is 38.1 Å². The molecule has 1 amide bonds. The number of nitrogens with one attached hydrogen (secondary N) is 3. The van der Waals surface area contributed by atoms with Gasteiger partial charge in [0.25, 0.3) is 0 Å². The zero-order valence-electron chi connectivity index (χ0n) is 17.3. The number of hydrogen-bond acceptors (Lipinski definition) is 5. The molecule has 1 saturated heterocycles. The maximum Gasteiger partial charge on any atom is 0.227 e. The molecule has 0 aliphatic carbocycles. The van der Waals surface area contributed by atoms with Crippen molar-refractivity contribution in [3.63, 3.8) is 0 Å². The van der Waals surface area contributed by atoms with Crippen LogP contribution in [0.1, 0.15) is 31.7 Å². The monoisotopic (exact) mass is 523 g/mol. The highest BCUT2D eigenvalue weighted by atomic mass is 127. The molecular formula is C19H34IN5O2S. The van der Waals surface area contributed by atoms with Crippen molar-refractivity contribution in [2.45, 2.75) is 26.8 Å². The van der Waals surface area contributed by atoms with Crippen LogP contribution in [0.4, 0.5) is 0 Å². The minimum Gasteiger partial charge on any atom is -0.379 e. The molecule has 0 bridgehead atoms. The highest BCUT2D eigenvalue weighted by Crippen LogP contribution is 2.25. The van der Waals surface area contributed by atoms with Crippen LogP contribution in [0.2, 0.25) is 0 Å². The molecule has 1 aliphatic rings. The van der Waals surface area contributed by atoms with Crippen LogP contribution in [0.25, 0.3) is 0 Å². The molecule has 0 aromatic carbocycles. The number of carbonyl (C=O) groups excluding carboxylic acids is 1. The molecule has 1 unspecified atom stereocenters. The van der Waals surface area contributed by atoms with Gasteiger partial charge in [0.2, 0.25) is 5.91 Å². The van der Waals surface area contributed by atoms with Gasteiger partial charge in [-0.15, -0.1) is 35.3 Å². The third-order valence-corrected chi connectivity index (χ3v) is 5.61. The van der Waals surface area contributed by atoms with E-state index in [1.54, 1.807) is 18.4 Å². The molecule has 1 fully saturated rings. The molecule has 2 rings (SSSR count). The SMILES string of the molecule is CCNC(=NCC(C)(C)C(=O)NC)NCC(c1cccs1)N1CCOCC1.I. The van der Waals surface area contributed by atoms with Crippen molar-refractivity contribution in [3.8, 4) is 0 Å². The number of halogens is 1. The molecule has 0 radical (unpaired) electrons. The molecule has 0 spiro atoms. The lowest BCUT2D eigenvalue weighted by molar-refractivity contribution is -0.128. The van der Waals surface area contributed by atoms with Crippen molar-refractivity contribution < 1.29 is 9.53 Å². The first-order valence-electron chi connectivity index (χ1n) is 9.57. The van der Waals surface area contributed by atoms with Crippen LogP contribution in [-0.2, 0) is 9.53 Å². The number of hydrogen-bond donors (Lipinski definition) is 3. The summed E-state index contributed by atoms with van der Waals surface area (Å²) < 4.78 is 5.51. The van der Waals surface area contributed by atoms with E-state index in [2.05, 4.69) is 43.4 Å². The number of nitrogens with zero attached hydrogens (tertiary/aromatic N) is 2. The van der Waals surface area contributed by atoms with Gasteiger partial charge in [0.15, 0.2) is 5.96 Å². The Hall–Kier alpha value is -0.910. The first-order valence-corrected chi connectivity index (χ1v) is 10.5. The van der Waals surface area contributed by atoms with Gasteiger partial charge in [-0.05, 0) is 32.2 Å². The summed E-state index contributed by atoms with van der Waals surface area (Å²) in [6, 6.07) is 4.56. The van der Waals surface area contributed by atoms with Gasteiger partial charge in [0.05, 0.1) is 31.2 Å². The fourth-order valence-electron chi connectivity index (χ4n) is 3.00. The van der Waals surface area contributed by atoms with Crippen LogP contribution in [0.5, 0.6) is 0 Å². The van der Waals surface area contributed by atoms with E-state index in [1.165, 1.54) is 4.88 Å². The summed E-state index contributed by atoms with van der Waals surface area (Å²) in [6.45, 7) is 11.2. The molecular weight excluding hydrogens is 489 g/mol. The smallest absolute Gasteiger partial charge is 0.227 e. The Morgan fingerprint density at radius 2 is 2.07 bits per heavy atom. The van der Waals surface area contributed by atoms with Gasteiger partial charge >= 0.3 is 0 Å². The summed E-state index contributed by atoms with van der Waals surface area (Å²) in [5, 5.41) is 11.6. The average molecular weight is 523 g/mol. The van der Waals surface area contributed by atoms with E-state index in [-0.39, 0.29) is 35.9 Å². The van der Waals surface area contributed by atoms with Crippen molar-refractivity contribution in [1.29, 1.82) is 0 Å². The standard InChI is InChI=1S/C19H33N5O2S.HI/c1-5-21-18(23-14-19(2,3)17(25)20-4)22-13-15(16-7-6-12-27-16)24-8-10-26-11-9-24;/h6-7,12,15H,5,8-11,13-14H2,1-4H3,(H,20,25)(H2,21,22,23);1H. The highest BCUT2D eigenvalue weighted by molar-refractivity contribution is 14.0. The molecule has 9 heteroatoms. The van der Waals surface area contributed by atoms with E-state index >= 15 is 0 Å². The molecule has 7 nitrogen and oxygen atoms in total. The van der Waals surface area contributed by atoms with E-state index in [9.17, 15) is 4.79 Å². The fourth-order valence-corrected chi connectivity index (χ4v) is 3.86. The molecule has 0 saturated carbocycles. The number of carbonyl (C=O) groups is 1. The minimum atomic E-state index is -0.547. The molecule has 1 aliphatic heterocycles. The number of thiophene rings is 1. The molecule has 1 aromatic rings. The lowest BCUT2D eigenvalue weighted by atomic mass is 9.93. The summed E-state index contributed by atoms with van der Waals surface area (Å²) in [7, 11) is 1.66. The van der Waals surface area contributed by atoms with Crippen LogP contribution < -0.4 is 16.0 Å². The largest absolute Gasteiger partial charge is 0.379 e. The number of rotatable bonds is 8. The molecule has 2 heterocycles. The van der Waals surface area contributed by atoms with E-state index in [1.807, 2.05) is 20.8 Å². The summed E-state index contributed by atoms with van der Waals surface area (Å²) in [5.41, 5.74) is -0.547. The maximum atomic E-state index is 12.0. The van der Waals surface area contributed by atoms with Crippen molar-refractivity contribution >= 4 is 47.2 Å². The van der Waals surface area contributed by atoms with Crippen LogP contribution in [0, 0.1) is 5.41 Å². The first-order chi connectivity index (χ1) is 13.0. The number of amides is 1. The Morgan fingerprint density at radius 3 is 2.64 bits per heavy atom. The molecule has 1 atom stereocenters. The summed E-state index contributed by atoms with van der Waals surface area (Å²) in [4.78, 5) is 20.4. The highest BCUT2D eigenvalue weighted by Gasteiger charge is 2.27. The second-order valence-electron chi connectivity index (χ2n) is 7.22. The predicted molar refractivity (Wildman–Crippen MR) is 127 cm³/mol. The summed E-state index contributed by atoms with van der Waals surface area (Å²) >= 11 is 1.78. The second-order valence-corrected chi connectivity index (χ2v) is 8.20. The number of morpholine rings is 1. The Bertz CT molecular complexity index is 603. The molecule has 160 valence electrons. The maximum absolute atomic E-state index is 12.0. The zero-order chi connectivity index (χ0) is 19.7. The normalized spacial score (nSPS) is 16.8. The van der Waals surface area contributed by atoms with E-state index in [0.29, 0.717) is 6.54 Å². The second kappa shape index (κ2) is 12.6. The summed E-state index contributed by atoms with van der Waals surface area (Å²) in [6.07, 6.45) is 0. The zero-order valence-corrected chi connectivity index (χ0v) is 20.4. The average Bonchev–Trinajstić information content (AvgIpc) is 3.20. The topological polar surface area (TPSA) is 78.0 Å². The van der Waals surface area contributed by atoms with Gasteiger partial charge in [-0.2, -0.15) is 0 Å². The van der Waals surface area contributed by atoms with E-state index in [0.717, 1.165) is 45.4 Å². The fraction of sp³-hybridized carbons (Fsp3) is 0.684. The Labute approximate surface area is 189 Å². The van der Waals surface area contributed by atoms with Gasteiger partial charge in [-0.3, -0.25) is 14.7 Å². The third-order valence-electron chi connectivity index (χ3n) is 4.64. The van der Waals surface area contributed by atoms with Crippen molar-refractivity contribution in [2.75, 3.05) is 53.0 Å². The van der Waals surface area contributed by atoms with Crippen LogP contribution in [0.3, 0.4) is 0 Å². The summed E-state index contributed by atoms with van der Waals surface area (Å²) in [5.74, 6) is 0.733. The lowest BCUT2D eigenvalue weighted by Gasteiger charge is -2.34. The van der Waals surface area contributed by atoms with Crippen LogP contribution >= 0.6 is 35.3 Å². The third kappa shape index (κ3) is 7.49. The van der Waals surface area contributed by atoms with Crippen molar-refractivity contribution in [2.24, 2.45) is 10.4 Å². The molecule has 28 heavy (non-hydrogen) atoms.